The molecule has 6 heteroatoms. The Bertz CT molecular complexity index is 917. The molecule has 3 rings (SSSR count). The van der Waals surface area contributed by atoms with E-state index in [4.69, 9.17) is 10.5 Å². The van der Waals surface area contributed by atoms with Crippen LogP contribution in [0.3, 0.4) is 0 Å². The minimum absolute atomic E-state index is 0.396. The average molecular weight is 405 g/mol. The summed E-state index contributed by atoms with van der Waals surface area (Å²) in [6, 6.07) is 15.4. The minimum Gasteiger partial charge on any atom is -0.494 e. The van der Waals surface area contributed by atoms with Crippen LogP contribution in [-0.4, -0.2) is 29.0 Å². The fraction of sp³-hybridized carbons (Fsp3) is 0.292. The molecule has 3 aromatic rings. The standard InChI is InChI=1S/C24H28N4O2/c1-2-30-22-7-5-21(6-8-22)24(23(25)29,13-9-19-10-15-26-16-11-19)28-17-12-20-4-3-14-27-18-20/h3-8,10-11,14-16,18,28H,2,9,12-13,17H2,1H3,(H2,25,29). The molecule has 1 unspecified atom stereocenters. The maximum atomic E-state index is 12.8. The zero-order valence-electron chi connectivity index (χ0n) is 17.3. The van der Waals surface area contributed by atoms with Crippen LogP contribution in [-0.2, 0) is 23.2 Å². The number of hydrogen-bond donors (Lipinski definition) is 2. The second-order valence-electron chi connectivity index (χ2n) is 7.12. The lowest BCUT2D eigenvalue weighted by Gasteiger charge is -2.33. The molecule has 0 fully saturated rings. The molecule has 0 radical (unpaired) electrons. The van der Waals surface area contributed by atoms with E-state index in [-0.39, 0.29) is 0 Å². The topological polar surface area (TPSA) is 90.1 Å². The number of carbonyl (C=O) groups is 1. The van der Waals surface area contributed by atoms with E-state index < -0.39 is 11.4 Å². The highest BCUT2D eigenvalue weighted by molar-refractivity contribution is 5.86. The first-order chi connectivity index (χ1) is 14.6. The van der Waals surface area contributed by atoms with Crippen LogP contribution in [0.2, 0.25) is 0 Å². The van der Waals surface area contributed by atoms with Crippen molar-refractivity contribution in [3.63, 3.8) is 0 Å². The van der Waals surface area contributed by atoms with Crippen molar-refractivity contribution in [1.82, 2.24) is 15.3 Å². The average Bonchev–Trinajstić information content (AvgIpc) is 2.78. The third-order valence-electron chi connectivity index (χ3n) is 5.18. The van der Waals surface area contributed by atoms with Crippen LogP contribution in [0.25, 0.3) is 0 Å². The summed E-state index contributed by atoms with van der Waals surface area (Å²) >= 11 is 0. The molecule has 0 aliphatic heterocycles. The lowest BCUT2D eigenvalue weighted by molar-refractivity contribution is -0.125. The Morgan fingerprint density at radius 3 is 2.40 bits per heavy atom. The van der Waals surface area contributed by atoms with E-state index in [2.05, 4.69) is 15.3 Å². The molecule has 156 valence electrons. The predicted octanol–water partition coefficient (Wildman–Crippen LogP) is 3.02. The Hall–Kier alpha value is -3.25. The van der Waals surface area contributed by atoms with Gasteiger partial charge in [-0.05, 0) is 73.2 Å². The molecule has 2 aromatic heterocycles. The van der Waals surface area contributed by atoms with E-state index in [9.17, 15) is 4.79 Å². The number of primary amides is 1. The fourth-order valence-electron chi connectivity index (χ4n) is 3.54. The molecule has 1 atom stereocenters. The second kappa shape index (κ2) is 10.5. The molecule has 6 nitrogen and oxygen atoms in total. The number of carbonyl (C=O) groups excluding carboxylic acids is 1. The molecule has 0 spiro atoms. The van der Waals surface area contributed by atoms with Crippen molar-refractivity contribution in [1.29, 1.82) is 0 Å². The molecule has 0 saturated heterocycles. The highest BCUT2D eigenvalue weighted by atomic mass is 16.5. The summed E-state index contributed by atoms with van der Waals surface area (Å²) < 4.78 is 5.55. The summed E-state index contributed by atoms with van der Waals surface area (Å²) in [6.45, 7) is 3.13. The van der Waals surface area contributed by atoms with E-state index in [1.165, 1.54) is 0 Å². The molecular weight excluding hydrogens is 376 g/mol. The summed E-state index contributed by atoms with van der Waals surface area (Å²) in [6.07, 6.45) is 9.07. The SMILES string of the molecule is CCOc1ccc(C(CCc2ccncc2)(NCCc2cccnc2)C(N)=O)cc1. The normalized spacial score (nSPS) is 12.8. The van der Waals surface area contributed by atoms with Crippen molar-refractivity contribution in [2.75, 3.05) is 13.2 Å². The van der Waals surface area contributed by atoms with Crippen LogP contribution in [0.1, 0.15) is 30.0 Å². The zero-order chi connectivity index (χ0) is 21.2. The number of benzene rings is 1. The van der Waals surface area contributed by atoms with Gasteiger partial charge in [-0.3, -0.25) is 20.1 Å². The van der Waals surface area contributed by atoms with Crippen LogP contribution in [0.15, 0.2) is 73.3 Å². The van der Waals surface area contributed by atoms with Crippen LogP contribution >= 0.6 is 0 Å². The highest BCUT2D eigenvalue weighted by Gasteiger charge is 2.37. The van der Waals surface area contributed by atoms with Gasteiger partial charge in [0.1, 0.15) is 11.3 Å². The van der Waals surface area contributed by atoms with E-state index in [0.29, 0.717) is 26.0 Å². The fourth-order valence-corrected chi connectivity index (χ4v) is 3.54. The van der Waals surface area contributed by atoms with Crippen molar-refractivity contribution < 1.29 is 9.53 Å². The van der Waals surface area contributed by atoms with Gasteiger partial charge in [-0.1, -0.05) is 18.2 Å². The van der Waals surface area contributed by atoms with E-state index >= 15 is 0 Å². The van der Waals surface area contributed by atoms with E-state index in [1.54, 1.807) is 18.6 Å². The van der Waals surface area contributed by atoms with Crippen LogP contribution in [0, 0.1) is 0 Å². The number of rotatable bonds is 11. The van der Waals surface area contributed by atoms with Crippen molar-refractivity contribution in [3.8, 4) is 5.75 Å². The molecule has 0 bridgehead atoms. The first-order valence-corrected chi connectivity index (χ1v) is 10.2. The number of aryl methyl sites for hydroxylation is 1. The summed E-state index contributed by atoms with van der Waals surface area (Å²) in [4.78, 5) is 21.0. The number of nitrogens with two attached hydrogens (primary N) is 1. The molecule has 30 heavy (non-hydrogen) atoms. The number of hydrogen-bond acceptors (Lipinski definition) is 5. The van der Waals surface area contributed by atoms with Crippen LogP contribution < -0.4 is 15.8 Å². The molecular formula is C24H28N4O2. The van der Waals surface area contributed by atoms with Crippen molar-refractivity contribution in [3.05, 3.63) is 90.0 Å². The summed E-state index contributed by atoms with van der Waals surface area (Å²) in [5.74, 6) is 0.371. The van der Waals surface area contributed by atoms with Gasteiger partial charge in [-0.2, -0.15) is 0 Å². The van der Waals surface area contributed by atoms with Gasteiger partial charge in [-0.15, -0.1) is 0 Å². The van der Waals surface area contributed by atoms with Crippen molar-refractivity contribution >= 4 is 5.91 Å². The second-order valence-corrected chi connectivity index (χ2v) is 7.12. The van der Waals surface area contributed by atoms with Crippen molar-refractivity contribution in [2.45, 2.75) is 31.7 Å². The maximum absolute atomic E-state index is 12.8. The van der Waals surface area contributed by atoms with Gasteiger partial charge in [0.2, 0.25) is 5.91 Å². The number of amides is 1. The predicted molar refractivity (Wildman–Crippen MR) is 117 cm³/mol. The number of ether oxygens (including phenoxy) is 1. The summed E-state index contributed by atoms with van der Waals surface area (Å²) in [5, 5.41) is 3.46. The van der Waals surface area contributed by atoms with Gasteiger partial charge in [0.05, 0.1) is 6.61 Å². The molecule has 0 saturated carbocycles. The zero-order valence-corrected chi connectivity index (χ0v) is 17.3. The first kappa shape index (κ1) is 21.5. The van der Waals surface area contributed by atoms with E-state index in [1.807, 2.05) is 61.7 Å². The molecule has 3 N–H and O–H groups in total. The highest BCUT2D eigenvalue weighted by Crippen LogP contribution is 2.29. The lowest BCUT2D eigenvalue weighted by atomic mass is 9.83. The third-order valence-corrected chi connectivity index (χ3v) is 5.18. The minimum atomic E-state index is -0.990. The van der Waals surface area contributed by atoms with Crippen LogP contribution in [0.5, 0.6) is 5.75 Å². The van der Waals surface area contributed by atoms with E-state index in [0.717, 1.165) is 28.9 Å². The van der Waals surface area contributed by atoms with Gasteiger partial charge < -0.3 is 10.5 Å². The van der Waals surface area contributed by atoms with Gasteiger partial charge in [0.15, 0.2) is 0 Å². The monoisotopic (exact) mass is 404 g/mol. The number of nitrogens with one attached hydrogen (secondary N) is 1. The molecule has 0 aliphatic carbocycles. The first-order valence-electron chi connectivity index (χ1n) is 10.2. The number of nitrogens with zero attached hydrogens (tertiary/aromatic N) is 2. The van der Waals surface area contributed by atoms with Crippen LogP contribution in [0.4, 0.5) is 0 Å². The summed E-state index contributed by atoms with van der Waals surface area (Å²) in [5.41, 5.74) is 8.04. The third kappa shape index (κ3) is 5.42. The Morgan fingerprint density at radius 1 is 1.00 bits per heavy atom. The smallest absolute Gasteiger partial charge is 0.242 e. The number of aromatic nitrogens is 2. The maximum Gasteiger partial charge on any atom is 0.242 e. The Kier molecular flexibility index (Phi) is 7.51. The molecule has 1 amide bonds. The lowest BCUT2D eigenvalue weighted by Crippen LogP contribution is -2.53. The quantitative estimate of drug-likeness (QED) is 0.513. The largest absolute Gasteiger partial charge is 0.494 e. The van der Waals surface area contributed by atoms with Gasteiger partial charge in [-0.25, -0.2) is 0 Å². The van der Waals surface area contributed by atoms with Gasteiger partial charge in [0.25, 0.3) is 0 Å². The number of pyridine rings is 2. The molecule has 0 aliphatic rings. The Labute approximate surface area is 177 Å². The van der Waals surface area contributed by atoms with Gasteiger partial charge >= 0.3 is 0 Å². The molecule has 2 heterocycles. The van der Waals surface area contributed by atoms with Crippen molar-refractivity contribution in [2.24, 2.45) is 5.73 Å². The van der Waals surface area contributed by atoms with Gasteiger partial charge in [0, 0.05) is 31.3 Å². The Morgan fingerprint density at radius 2 is 1.77 bits per heavy atom. The molecule has 1 aromatic carbocycles. The Balaban J connectivity index is 1.84. The summed E-state index contributed by atoms with van der Waals surface area (Å²) in [7, 11) is 0.